The fourth-order valence-corrected chi connectivity index (χ4v) is 1.65. The van der Waals surface area contributed by atoms with E-state index in [0.717, 1.165) is 11.8 Å². The molecule has 0 rings (SSSR count). The third-order valence-corrected chi connectivity index (χ3v) is 2.51. The molecule has 0 aromatic rings. The second-order valence-corrected chi connectivity index (χ2v) is 3.85. The van der Waals surface area contributed by atoms with Gasteiger partial charge in [-0.1, -0.05) is 0 Å². The molecule has 1 amide bonds. The lowest BCUT2D eigenvalue weighted by Crippen LogP contribution is -2.41. The van der Waals surface area contributed by atoms with Gasteiger partial charge in [0.05, 0.1) is 6.07 Å². The van der Waals surface area contributed by atoms with Crippen molar-refractivity contribution < 1.29 is 19.8 Å². The molecule has 6 nitrogen and oxygen atoms in total. The molecule has 2 atom stereocenters. The number of hydrogen-bond donors (Lipinski definition) is 3. The zero-order valence-electron chi connectivity index (χ0n) is 8.14. The third kappa shape index (κ3) is 6.76. The second kappa shape index (κ2) is 7.09. The van der Waals surface area contributed by atoms with Crippen molar-refractivity contribution in [2.24, 2.45) is 0 Å². The maximum Gasteiger partial charge on any atom is 0.327 e. The number of aliphatic carboxylic acids is 1. The van der Waals surface area contributed by atoms with E-state index in [1.165, 1.54) is 6.92 Å². The number of rotatable bonds is 6. The molecule has 0 aliphatic carbocycles. The second-order valence-electron chi connectivity index (χ2n) is 2.77. The molecule has 0 heterocycles. The van der Waals surface area contributed by atoms with Gasteiger partial charge in [-0.05, 0) is 0 Å². The predicted octanol–water partition coefficient (Wildman–Crippen LogP) is -0.807. The molecule has 0 bridgehead atoms. The number of nitrogens with zero attached hydrogens (tertiary/aromatic N) is 1. The number of thioether (sulfide) groups is 1. The molecule has 0 aliphatic rings. The van der Waals surface area contributed by atoms with Crippen LogP contribution >= 0.6 is 11.8 Å². The zero-order chi connectivity index (χ0) is 11.8. The Bertz CT molecular complexity index is 276. The fourth-order valence-electron chi connectivity index (χ4n) is 0.755. The number of amides is 1. The van der Waals surface area contributed by atoms with Crippen molar-refractivity contribution in [2.45, 2.75) is 19.1 Å². The fraction of sp³-hybridized carbons (Fsp3) is 0.625. The molecule has 0 saturated carbocycles. The summed E-state index contributed by atoms with van der Waals surface area (Å²) in [7, 11) is 0. The van der Waals surface area contributed by atoms with E-state index in [0.29, 0.717) is 0 Å². The van der Waals surface area contributed by atoms with Gasteiger partial charge in [-0.3, -0.25) is 4.79 Å². The van der Waals surface area contributed by atoms with E-state index < -0.39 is 24.0 Å². The van der Waals surface area contributed by atoms with Crippen LogP contribution in [0.2, 0.25) is 0 Å². The molecule has 7 heteroatoms. The van der Waals surface area contributed by atoms with Crippen LogP contribution in [0.15, 0.2) is 0 Å². The average Bonchev–Trinajstić information content (AvgIpc) is 2.15. The van der Waals surface area contributed by atoms with Crippen molar-refractivity contribution in [1.29, 1.82) is 5.26 Å². The Hall–Kier alpha value is -1.26. The number of carboxylic acids is 1. The summed E-state index contributed by atoms with van der Waals surface area (Å²) in [4.78, 5) is 21.3. The Labute approximate surface area is 91.3 Å². The zero-order valence-corrected chi connectivity index (χ0v) is 8.95. The molecular formula is C8H12N2O4S. The molecule has 0 saturated heterocycles. The number of carboxylic acid groups (broad SMARTS) is 1. The molecule has 0 spiro atoms. The highest BCUT2D eigenvalue weighted by Crippen LogP contribution is 2.05. The largest absolute Gasteiger partial charge is 0.480 e. The summed E-state index contributed by atoms with van der Waals surface area (Å²) in [6, 6.07) is 0.621. The van der Waals surface area contributed by atoms with Crippen LogP contribution in [0.5, 0.6) is 0 Å². The topological polar surface area (TPSA) is 110 Å². The molecule has 0 aromatic heterocycles. The molecule has 0 aromatic carbocycles. The number of aliphatic hydroxyl groups is 1. The number of hydrogen-bond acceptors (Lipinski definition) is 5. The lowest BCUT2D eigenvalue weighted by molar-refractivity contribution is -0.140. The van der Waals surface area contributed by atoms with Crippen LogP contribution < -0.4 is 5.32 Å². The van der Waals surface area contributed by atoms with Crippen LogP contribution in [0.25, 0.3) is 0 Å². The van der Waals surface area contributed by atoms with E-state index in [1.54, 1.807) is 6.07 Å². The van der Waals surface area contributed by atoms with Crippen molar-refractivity contribution in [3.8, 4) is 6.07 Å². The highest BCUT2D eigenvalue weighted by molar-refractivity contribution is 7.99. The molecule has 1 unspecified atom stereocenters. The molecule has 0 fully saturated rings. The van der Waals surface area contributed by atoms with Gasteiger partial charge in [-0.2, -0.15) is 17.0 Å². The smallest absolute Gasteiger partial charge is 0.327 e. The maximum absolute atomic E-state index is 10.6. The SMILES string of the molecule is CC(=O)N[C@@H](CSCC(O)C#N)C(=O)O. The van der Waals surface area contributed by atoms with Crippen LogP contribution in [0, 0.1) is 11.3 Å². The highest BCUT2D eigenvalue weighted by Gasteiger charge is 2.18. The normalized spacial score (nSPS) is 13.7. The van der Waals surface area contributed by atoms with Crippen LogP contribution in [0.1, 0.15) is 6.92 Å². The Balaban J connectivity index is 3.93. The number of nitrogens with one attached hydrogen (secondary N) is 1. The van der Waals surface area contributed by atoms with Gasteiger partial charge < -0.3 is 15.5 Å². The van der Waals surface area contributed by atoms with Gasteiger partial charge in [0.1, 0.15) is 12.1 Å². The first-order valence-corrected chi connectivity index (χ1v) is 5.28. The number of carbonyl (C=O) groups is 2. The Kier molecular flexibility index (Phi) is 6.49. The van der Waals surface area contributed by atoms with Crippen molar-refractivity contribution >= 4 is 23.6 Å². The summed E-state index contributed by atoms with van der Waals surface area (Å²) >= 11 is 1.10. The molecule has 15 heavy (non-hydrogen) atoms. The van der Waals surface area contributed by atoms with E-state index in [9.17, 15) is 9.59 Å². The van der Waals surface area contributed by atoms with Gasteiger partial charge in [0.25, 0.3) is 0 Å². The van der Waals surface area contributed by atoms with Gasteiger partial charge in [-0.25, -0.2) is 4.79 Å². The molecule has 0 aliphatic heterocycles. The van der Waals surface area contributed by atoms with Crippen LogP contribution in [-0.4, -0.2) is 45.7 Å². The molecule has 3 N–H and O–H groups in total. The maximum atomic E-state index is 10.6. The van der Waals surface area contributed by atoms with E-state index in [1.807, 2.05) is 0 Å². The summed E-state index contributed by atoms with van der Waals surface area (Å²) in [5, 5.41) is 28.1. The third-order valence-electron chi connectivity index (χ3n) is 1.38. The molecular weight excluding hydrogens is 220 g/mol. The Morgan fingerprint density at radius 2 is 2.13 bits per heavy atom. The molecule has 84 valence electrons. The molecule has 0 radical (unpaired) electrons. The highest BCUT2D eigenvalue weighted by atomic mass is 32.2. The van der Waals surface area contributed by atoms with E-state index in [2.05, 4.69) is 5.32 Å². The lowest BCUT2D eigenvalue weighted by Gasteiger charge is -2.12. The van der Waals surface area contributed by atoms with Gasteiger partial charge in [0, 0.05) is 18.4 Å². The lowest BCUT2D eigenvalue weighted by atomic mass is 10.3. The minimum Gasteiger partial charge on any atom is -0.480 e. The van der Waals surface area contributed by atoms with E-state index in [4.69, 9.17) is 15.5 Å². The van der Waals surface area contributed by atoms with Crippen molar-refractivity contribution in [3.05, 3.63) is 0 Å². The van der Waals surface area contributed by atoms with E-state index >= 15 is 0 Å². The van der Waals surface area contributed by atoms with Gasteiger partial charge in [0.15, 0.2) is 0 Å². The monoisotopic (exact) mass is 232 g/mol. The summed E-state index contributed by atoms with van der Waals surface area (Å²) in [5.74, 6) is -1.32. The summed E-state index contributed by atoms with van der Waals surface area (Å²) in [6.07, 6.45) is -1.11. The van der Waals surface area contributed by atoms with Crippen LogP contribution in [0.3, 0.4) is 0 Å². The van der Waals surface area contributed by atoms with E-state index in [-0.39, 0.29) is 11.5 Å². The van der Waals surface area contributed by atoms with Gasteiger partial charge in [-0.15, -0.1) is 0 Å². The summed E-state index contributed by atoms with van der Waals surface area (Å²) in [6.45, 7) is 1.23. The van der Waals surface area contributed by atoms with Gasteiger partial charge in [0.2, 0.25) is 5.91 Å². The van der Waals surface area contributed by atoms with Gasteiger partial charge >= 0.3 is 5.97 Å². The Morgan fingerprint density at radius 1 is 1.53 bits per heavy atom. The summed E-state index contributed by atoms with van der Waals surface area (Å²) < 4.78 is 0. The predicted molar refractivity (Wildman–Crippen MR) is 54.2 cm³/mol. The van der Waals surface area contributed by atoms with Crippen LogP contribution in [0.4, 0.5) is 0 Å². The average molecular weight is 232 g/mol. The standard InChI is InChI=1S/C8H12N2O4S/c1-5(11)10-7(8(13)14)4-15-3-6(12)2-9/h6-7,12H,3-4H2,1H3,(H,10,11)(H,13,14)/t6?,7-/m0/s1. The van der Waals surface area contributed by atoms with Crippen LogP contribution in [-0.2, 0) is 9.59 Å². The van der Waals surface area contributed by atoms with Crippen molar-refractivity contribution in [2.75, 3.05) is 11.5 Å². The first-order chi connectivity index (χ1) is 6.97. The first kappa shape index (κ1) is 13.7. The number of carbonyl (C=O) groups excluding carboxylic acids is 1. The van der Waals surface area contributed by atoms with Crippen molar-refractivity contribution in [1.82, 2.24) is 5.32 Å². The number of nitriles is 1. The minimum atomic E-state index is -1.14. The first-order valence-electron chi connectivity index (χ1n) is 4.12. The van der Waals surface area contributed by atoms with Crippen molar-refractivity contribution in [3.63, 3.8) is 0 Å². The quantitative estimate of drug-likeness (QED) is 0.517. The minimum absolute atomic E-state index is 0.119. The Morgan fingerprint density at radius 3 is 2.53 bits per heavy atom. The summed E-state index contributed by atoms with van der Waals surface area (Å²) in [5.41, 5.74) is 0. The number of aliphatic hydroxyl groups excluding tert-OH is 1.